The number of hydrogen-bond donors (Lipinski definition) is 0. The van der Waals surface area contributed by atoms with Crippen LogP contribution in [-0.2, 0) is 13.1 Å². The largest absolute Gasteiger partial charge is 0.345 e. The molecule has 0 atom stereocenters. The lowest BCUT2D eigenvalue weighted by Crippen LogP contribution is -2.24. The molecule has 0 fully saturated rings. The fraction of sp³-hybridized carbons (Fsp3) is 0.778. The molecule has 0 saturated heterocycles. The van der Waals surface area contributed by atoms with E-state index in [4.69, 9.17) is 0 Å². The van der Waals surface area contributed by atoms with Crippen molar-refractivity contribution < 1.29 is 0 Å². The van der Waals surface area contributed by atoms with Gasteiger partial charge in [-0.05, 0) is 13.8 Å². The molecular formula is C9H17N3O. The first-order chi connectivity index (χ1) is 6.11. The van der Waals surface area contributed by atoms with Crippen molar-refractivity contribution in [2.75, 3.05) is 0 Å². The molecular weight excluding hydrogens is 166 g/mol. The van der Waals surface area contributed by atoms with Gasteiger partial charge < -0.3 is 0 Å². The zero-order valence-electron chi connectivity index (χ0n) is 8.74. The summed E-state index contributed by atoms with van der Waals surface area (Å²) in [5, 5.41) is 4.27. The smallest absolute Gasteiger partial charge is 0.279 e. The molecule has 0 spiro atoms. The van der Waals surface area contributed by atoms with Crippen LogP contribution in [0.5, 0.6) is 0 Å². The summed E-state index contributed by atoms with van der Waals surface area (Å²) < 4.78 is 3.24. The van der Waals surface area contributed by atoms with Crippen LogP contribution in [0, 0.1) is 0 Å². The van der Waals surface area contributed by atoms with Crippen LogP contribution < -0.4 is 5.69 Å². The Morgan fingerprint density at radius 1 is 1.31 bits per heavy atom. The Labute approximate surface area is 78.2 Å². The average molecular weight is 183 g/mol. The van der Waals surface area contributed by atoms with Gasteiger partial charge in [-0.15, -0.1) is 0 Å². The van der Waals surface area contributed by atoms with Crippen molar-refractivity contribution in [3.8, 4) is 0 Å². The lowest BCUT2D eigenvalue weighted by atomic mass is 10.2. The van der Waals surface area contributed by atoms with Crippen LogP contribution in [0.1, 0.15) is 39.4 Å². The van der Waals surface area contributed by atoms with Gasteiger partial charge in [0.15, 0.2) is 0 Å². The van der Waals surface area contributed by atoms with Gasteiger partial charge in [0.2, 0.25) is 0 Å². The first-order valence-corrected chi connectivity index (χ1v) is 4.79. The monoisotopic (exact) mass is 183 g/mol. The van der Waals surface area contributed by atoms with Gasteiger partial charge in [0.1, 0.15) is 5.82 Å². The van der Waals surface area contributed by atoms with Crippen molar-refractivity contribution in [3.63, 3.8) is 0 Å². The molecule has 0 aliphatic carbocycles. The van der Waals surface area contributed by atoms with Gasteiger partial charge in [0, 0.05) is 19.0 Å². The molecule has 0 bridgehead atoms. The molecule has 1 rings (SSSR count). The summed E-state index contributed by atoms with van der Waals surface area (Å²) in [5.41, 5.74) is 0.00806. The highest BCUT2D eigenvalue weighted by Crippen LogP contribution is 2.08. The van der Waals surface area contributed by atoms with E-state index in [2.05, 4.69) is 5.10 Å². The Kier molecular flexibility index (Phi) is 2.90. The molecule has 4 nitrogen and oxygen atoms in total. The fourth-order valence-corrected chi connectivity index (χ4v) is 1.39. The molecule has 13 heavy (non-hydrogen) atoms. The van der Waals surface area contributed by atoms with Crippen LogP contribution >= 0.6 is 0 Å². The lowest BCUT2D eigenvalue weighted by Gasteiger charge is -2.03. The minimum Gasteiger partial charge on any atom is -0.279 e. The molecule has 0 aromatic carbocycles. The SMILES string of the molecule is CCn1nc(C(C)C)n(CC)c1=O. The van der Waals surface area contributed by atoms with E-state index in [1.165, 1.54) is 4.68 Å². The van der Waals surface area contributed by atoms with Crippen LogP contribution in [0.4, 0.5) is 0 Å². The minimum atomic E-state index is 0.00806. The van der Waals surface area contributed by atoms with E-state index < -0.39 is 0 Å². The van der Waals surface area contributed by atoms with Crippen LogP contribution in [0.2, 0.25) is 0 Å². The van der Waals surface area contributed by atoms with E-state index in [9.17, 15) is 4.79 Å². The Balaban J connectivity index is 3.28. The van der Waals surface area contributed by atoms with E-state index in [1.807, 2.05) is 27.7 Å². The van der Waals surface area contributed by atoms with Gasteiger partial charge >= 0.3 is 5.69 Å². The highest BCUT2D eigenvalue weighted by atomic mass is 16.2. The van der Waals surface area contributed by atoms with E-state index in [-0.39, 0.29) is 5.69 Å². The summed E-state index contributed by atoms with van der Waals surface area (Å²) in [6.45, 7) is 9.34. The lowest BCUT2D eigenvalue weighted by molar-refractivity contribution is 0.611. The van der Waals surface area contributed by atoms with Gasteiger partial charge in [-0.1, -0.05) is 13.8 Å². The number of nitrogens with zero attached hydrogens (tertiary/aromatic N) is 3. The number of aromatic nitrogens is 3. The Morgan fingerprint density at radius 3 is 2.23 bits per heavy atom. The van der Waals surface area contributed by atoms with Gasteiger partial charge in [0.25, 0.3) is 0 Å². The fourth-order valence-electron chi connectivity index (χ4n) is 1.39. The van der Waals surface area contributed by atoms with Crippen molar-refractivity contribution >= 4 is 0 Å². The summed E-state index contributed by atoms with van der Waals surface area (Å²) in [7, 11) is 0. The predicted molar refractivity (Wildman–Crippen MR) is 51.9 cm³/mol. The van der Waals surface area contributed by atoms with Crippen LogP contribution in [0.3, 0.4) is 0 Å². The van der Waals surface area contributed by atoms with Crippen molar-refractivity contribution in [3.05, 3.63) is 16.3 Å². The third kappa shape index (κ3) is 1.66. The molecule has 1 aromatic rings. The first kappa shape index (κ1) is 10.0. The maximum absolute atomic E-state index is 11.6. The number of hydrogen-bond acceptors (Lipinski definition) is 2. The summed E-state index contributed by atoms with van der Waals surface area (Å²) in [6.07, 6.45) is 0. The predicted octanol–water partition coefficient (Wildman–Crippen LogP) is 1.21. The average Bonchev–Trinajstić information content (AvgIpc) is 2.42. The summed E-state index contributed by atoms with van der Waals surface area (Å²) >= 11 is 0. The highest BCUT2D eigenvalue weighted by Gasteiger charge is 2.13. The normalized spacial score (nSPS) is 11.2. The molecule has 74 valence electrons. The van der Waals surface area contributed by atoms with Crippen LogP contribution in [0.25, 0.3) is 0 Å². The molecule has 0 unspecified atom stereocenters. The number of rotatable bonds is 3. The van der Waals surface area contributed by atoms with Gasteiger partial charge in [-0.3, -0.25) is 4.57 Å². The summed E-state index contributed by atoms with van der Waals surface area (Å²) in [6, 6.07) is 0. The maximum atomic E-state index is 11.6. The van der Waals surface area contributed by atoms with Gasteiger partial charge in [0.05, 0.1) is 0 Å². The number of aryl methyl sites for hydroxylation is 1. The molecule has 1 aromatic heterocycles. The molecule has 0 radical (unpaired) electrons. The van der Waals surface area contributed by atoms with Gasteiger partial charge in [-0.2, -0.15) is 5.10 Å². The van der Waals surface area contributed by atoms with E-state index >= 15 is 0 Å². The second-order valence-corrected chi connectivity index (χ2v) is 3.36. The summed E-state index contributed by atoms with van der Waals surface area (Å²) in [4.78, 5) is 11.6. The zero-order chi connectivity index (χ0) is 10.0. The Hall–Kier alpha value is -1.06. The minimum absolute atomic E-state index is 0.00806. The third-order valence-corrected chi connectivity index (χ3v) is 2.08. The molecule has 0 amide bonds. The highest BCUT2D eigenvalue weighted by molar-refractivity contribution is 4.93. The topological polar surface area (TPSA) is 39.8 Å². The van der Waals surface area contributed by atoms with Crippen LogP contribution in [0.15, 0.2) is 4.79 Å². The van der Waals surface area contributed by atoms with Crippen LogP contribution in [-0.4, -0.2) is 14.3 Å². The second-order valence-electron chi connectivity index (χ2n) is 3.36. The Morgan fingerprint density at radius 2 is 1.92 bits per heavy atom. The molecule has 1 heterocycles. The molecule has 0 aliphatic heterocycles. The first-order valence-electron chi connectivity index (χ1n) is 4.79. The zero-order valence-corrected chi connectivity index (χ0v) is 8.74. The Bertz CT molecular complexity index is 335. The van der Waals surface area contributed by atoms with E-state index in [0.29, 0.717) is 19.0 Å². The van der Waals surface area contributed by atoms with Crippen molar-refractivity contribution in [1.82, 2.24) is 14.3 Å². The van der Waals surface area contributed by atoms with Crippen molar-refractivity contribution in [2.24, 2.45) is 0 Å². The molecule has 4 heteroatoms. The van der Waals surface area contributed by atoms with E-state index in [1.54, 1.807) is 4.57 Å². The molecule has 0 aliphatic rings. The van der Waals surface area contributed by atoms with Crippen molar-refractivity contribution in [1.29, 1.82) is 0 Å². The van der Waals surface area contributed by atoms with Gasteiger partial charge in [-0.25, -0.2) is 9.48 Å². The molecule has 0 N–H and O–H groups in total. The maximum Gasteiger partial charge on any atom is 0.345 e. The van der Waals surface area contributed by atoms with E-state index in [0.717, 1.165) is 5.82 Å². The standard InChI is InChI=1S/C9H17N3O/c1-5-11-8(7(3)4)10-12(6-2)9(11)13/h7H,5-6H2,1-4H3. The quantitative estimate of drug-likeness (QED) is 0.706. The van der Waals surface area contributed by atoms with Crippen molar-refractivity contribution in [2.45, 2.75) is 46.7 Å². The third-order valence-electron chi connectivity index (χ3n) is 2.08. The molecule has 0 saturated carbocycles. The summed E-state index contributed by atoms with van der Waals surface area (Å²) in [5.74, 6) is 1.19. The second kappa shape index (κ2) is 3.77.